The van der Waals surface area contributed by atoms with Crippen LogP contribution in [0.15, 0.2) is 12.5 Å². The summed E-state index contributed by atoms with van der Waals surface area (Å²) in [5.74, 6) is -1.16. The van der Waals surface area contributed by atoms with Crippen molar-refractivity contribution in [3.63, 3.8) is 0 Å². The number of carbonyl (C=O) groups is 1. The molecule has 8 nitrogen and oxygen atoms in total. The third-order valence-corrected chi connectivity index (χ3v) is 2.85. The molecule has 0 aromatic carbocycles. The Bertz CT molecular complexity index is 589. The second-order valence-corrected chi connectivity index (χ2v) is 4.23. The van der Waals surface area contributed by atoms with E-state index in [2.05, 4.69) is 15.3 Å². The molecule has 0 aliphatic carbocycles. The number of aromatic nitrogens is 5. The molecule has 0 aliphatic heterocycles. The largest absolute Gasteiger partial charge is 0.476 e. The summed E-state index contributed by atoms with van der Waals surface area (Å²) in [7, 11) is 1.75. The van der Waals surface area contributed by atoms with Gasteiger partial charge in [-0.15, -0.1) is 5.10 Å². The molecule has 0 amide bonds. The van der Waals surface area contributed by atoms with E-state index in [1.807, 2.05) is 6.92 Å². The topological polar surface area (TPSA) is 106 Å². The van der Waals surface area contributed by atoms with E-state index in [0.717, 1.165) is 0 Å². The van der Waals surface area contributed by atoms with Gasteiger partial charge in [0.2, 0.25) is 0 Å². The van der Waals surface area contributed by atoms with Crippen LogP contribution in [0.4, 0.5) is 0 Å². The minimum absolute atomic E-state index is 0.146. The average Bonchev–Trinajstić information content (AvgIpc) is 2.95. The van der Waals surface area contributed by atoms with Gasteiger partial charge < -0.3 is 14.8 Å². The van der Waals surface area contributed by atoms with Crippen LogP contribution < -0.4 is 0 Å². The quantitative estimate of drug-likeness (QED) is 0.797. The van der Waals surface area contributed by atoms with Crippen molar-refractivity contribution in [2.75, 3.05) is 0 Å². The molecular weight excluding hydrogens is 250 g/mol. The van der Waals surface area contributed by atoms with E-state index in [9.17, 15) is 9.90 Å². The predicted molar refractivity (Wildman–Crippen MR) is 65.5 cm³/mol. The molecule has 2 aromatic rings. The maximum atomic E-state index is 11.2. The standard InChI is InChI=1S/C11H15N5O3/c1-3-7(17)5-16-10(8-4-12-6-15(8)2)9(11(18)19)13-14-16/h4,6-7,17H,3,5H2,1-2H3,(H,18,19). The first kappa shape index (κ1) is 13.2. The predicted octanol–water partition coefficient (Wildman–Crippen LogP) is 0.148. The van der Waals surface area contributed by atoms with Gasteiger partial charge in [0, 0.05) is 7.05 Å². The third kappa shape index (κ3) is 2.48. The highest BCUT2D eigenvalue weighted by Gasteiger charge is 2.23. The van der Waals surface area contributed by atoms with Crippen LogP contribution in [0.2, 0.25) is 0 Å². The number of hydrogen-bond acceptors (Lipinski definition) is 5. The summed E-state index contributed by atoms with van der Waals surface area (Å²) in [6.07, 6.45) is 3.05. The van der Waals surface area contributed by atoms with Gasteiger partial charge in [0.25, 0.3) is 0 Å². The summed E-state index contributed by atoms with van der Waals surface area (Å²) in [6, 6.07) is 0. The number of nitrogens with zero attached hydrogens (tertiary/aromatic N) is 5. The molecular formula is C11H15N5O3. The first-order valence-corrected chi connectivity index (χ1v) is 5.86. The molecule has 8 heteroatoms. The molecule has 2 N–H and O–H groups in total. The highest BCUT2D eigenvalue weighted by atomic mass is 16.4. The number of aromatic carboxylic acids is 1. The summed E-state index contributed by atoms with van der Waals surface area (Å²) < 4.78 is 3.08. The molecule has 2 rings (SSSR count). The normalized spacial score (nSPS) is 12.6. The number of aliphatic hydroxyl groups excluding tert-OH is 1. The zero-order chi connectivity index (χ0) is 14.0. The van der Waals surface area contributed by atoms with Gasteiger partial charge in [-0.25, -0.2) is 14.5 Å². The monoisotopic (exact) mass is 265 g/mol. The van der Waals surface area contributed by atoms with Gasteiger partial charge >= 0.3 is 5.97 Å². The van der Waals surface area contributed by atoms with Gasteiger partial charge in [0.1, 0.15) is 5.69 Å². The van der Waals surface area contributed by atoms with Crippen LogP contribution in [0, 0.1) is 0 Å². The van der Waals surface area contributed by atoms with Crippen molar-refractivity contribution in [3.05, 3.63) is 18.2 Å². The number of aliphatic hydroxyl groups is 1. The maximum Gasteiger partial charge on any atom is 0.358 e. The highest BCUT2D eigenvalue weighted by molar-refractivity contribution is 5.92. The van der Waals surface area contributed by atoms with Crippen molar-refractivity contribution in [1.82, 2.24) is 24.5 Å². The molecule has 0 bridgehead atoms. The van der Waals surface area contributed by atoms with Gasteiger partial charge in [-0.3, -0.25) is 0 Å². The smallest absolute Gasteiger partial charge is 0.358 e. The summed E-state index contributed by atoms with van der Waals surface area (Å²) >= 11 is 0. The van der Waals surface area contributed by atoms with Gasteiger partial charge in [-0.05, 0) is 6.42 Å². The number of carboxylic acids is 1. The number of aryl methyl sites for hydroxylation is 1. The lowest BCUT2D eigenvalue weighted by Crippen LogP contribution is -2.17. The molecule has 2 heterocycles. The Morgan fingerprint density at radius 3 is 2.79 bits per heavy atom. The fourth-order valence-corrected chi connectivity index (χ4v) is 1.75. The van der Waals surface area contributed by atoms with Gasteiger partial charge in [-0.1, -0.05) is 12.1 Å². The molecule has 2 aromatic heterocycles. The van der Waals surface area contributed by atoms with E-state index < -0.39 is 12.1 Å². The Labute approximate surface area is 109 Å². The van der Waals surface area contributed by atoms with Crippen molar-refractivity contribution in [1.29, 1.82) is 0 Å². The zero-order valence-electron chi connectivity index (χ0n) is 10.7. The zero-order valence-corrected chi connectivity index (χ0v) is 10.7. The van der Waals surface area contributed by atoms with Crippen molar-refractivity contribution in [3.8, 4) is 11.4 Å². The fraction of sp³-hybridized carbons (Fsp3) is 0.455. The molecule has 102 valence electrons. The molecule has 19 heavy (non-hydrogen) atoms. The van der Waals surface area contributed by atoms with Crippen molar-refractivity contribution < 1.29 is 15.0 Å². The Morgan fingerprint density at radius 1 is 1.53 bits per heavy atom. The van der Waals surface area contributed by atoms with Gasteiger partial charge in [0.15, 0.2) is 5.69 Å². The first-order valence-electron chi connectivity index (χ1n) is 5.86. The third-order valence-electron chi connectivity index (χ3n) is 2.85. The molecule has 0 radical (unpaired) electrons. The number of rotatable bonds is 5. The van der Waals surface area contributed by atoms with Crippen LogP contribution in [0.3, 0.4) is 0 Å². The van der Waals surface area contributed by atoms with Crippen LogP contribution in [-0.2, 0) is 13.6 Å². The molecule has 0 aliphatic rings. The first-order chi connectivity index (χ1) is 9.04. The Balaban J connectivity index is 2.51. The van der Waals surface area contributed by atoms with Crippen molar-refractivity contribution in [2.45, 2.75) is 26.0 Å². The van der Waals surface area contributed by atoms with Crippen LogP contribution in [0.1, 0.15) is 23.8 Å². The summed E-state index contributed by atoms with van der Waals surface area (Å²) in [4.78, 5) is 15.1. The average molecular weight is 265 g/mol. The van der Waals surface area contributed by atoms with Gasteiger partial charge in [0.05, 0.1) is 30.9 Å². The Kier molecular flexibility index (Phi) is 3.61. The second-order valence-electron chi connectivity index (χ2n) is 4.23. The second kappa shape index (κ2) is 5.19. The minimum Gasteiger partial charge on any atom is -0.476 e. The summed E-state index contributed by atoms with van der Waals surface area (Å²) in [6.45, 7) is 2.03. The SMILES string of the molecule is CCC(O)Cn1nnc(C(=O)O)c1-c1cncn1C. The van der Waals surface area contributed by atoms with Crippen LogP contribution in [0.5, 0.6) is 0 Å². The van der Waals surface area contributed by atoms with E-state index in [1.54, 1.807) is 24.1 Å². The Hall–Kier alpha value is -2.22. The number of imidazole rings is 1. The van der Waals surface area contributed by atoms with E-state index in [-0.39, 0.29) is 12.2 Å². The molecule has 1 unspecified atom stereocenters. The van der Waals surface area contributed by atoms with E-state index in [1.165, 1.54) is 4.68 Å². The summed E-state index contributed by atoms with van der Waals surface area (Å²) in [5, 5.41) is 26.3. The number of carboxylic acid groups (broad SMARTS) is 1. The lowest BCUT2D eigenvalue weighted by Gasteiger charge is -2.10. The van der Waals surface area contributed by atoms with E-state index in [0.29, 0.717) is 17.8 Å². The summed E-state index contributed by atoms with van der Waals surface area (Å²) in [5.41, 5.74) is 0.789. The molecule has 0 saturated carbocycles. The van der Waals surface area contributed by atoms with E-state index in [4.69, 9.17) is 5.11 Å². The van der Waals surface area contributed by atoms with E-state index >= 15 is 0 Å². The van der Waals surface area contributed by atoms with Crippen molar-refractivity contribution in [2.24, 2.45) is 7.05 Å². The number of hydrogen-bond donors (Lipinski definition) is 2. The lowest BCUT2D eigenvalue weighted by molar-refractivity contribution is 0.0691. The lowest BCUT2D eigenvalue weighted by atomic mass is 10.2. The highest BCUT2D eigenvalue weighted by Crippen LogP contribution is 2.21. The molecule has 0 fully saturated rings. The van der Waals surface area contributed by atoms with Crippen LogP contribution >= 0.6 is 0 Å². The van der Waals surface area contributed by atoms with Crippen molar-refractivity contribution >= 4 is 5.97 Å². The van der Waals surface area contributed by atoms with Crippen LogP contribution in [0.25, 0.3) is 11.4 Å². The van der Waals surface area contributed by atoms with Gasteiger partial charge in [-0.2, -0.15) is 0 Å². The molecule has 0 saturated heterocycles. The minimum atomic E-state index is -1.16. The molecule has 0 spiro atoms. The fourth-order valence-electron chi connectivity index (χ4n) is 1.75. The van der Waals surface area contributed by atoms with Crippen LogP contribution in [-0.4, -0.2) is 46.8 Å². The maximum absolute atomic E-state index is 11.2. The molecule has 1 atom stereocenters. The Morgan fingerprint density at radius 2 is 2.26 bits per heavy atom.